The SMILES string of the molecule is CCCCCNC(=O)[C@@H]1[C@@H]2CN2C(=O)[C@@H]2CCCN12. The number of nitrogens with zero attached hydrogens (tertiary/aromatic N) is 2. The van der Waals surface area contributed by atoms with Crippen LogP contribution in [-0.2, 0) is 9.59 Å². The molecule has 0 aromatic carbocycles. The topological polar surface area (TPSA) is 52.4 Å². The van der Waals surface area contributed by atoms with Crippen LogP contribution in [0, 0.1) is 0 Å². The lowest BCUT2D eigenvalue weighted by atomic mass is 10.1. The summed E-state index contributed by atoms with van der Waals surface area (Å²) in [5, 5.41) is 3.05. The van der Waals surface area contributed by atoms with Crippen molar-refractivity contribution in [2.45, 2.75) is 57.2 Å². The van der Waals surface area contributed by atoms with E-state index in [1.54, 1.807) is 0 Å². The van der Waals surface area contributed by atoms with Crippen LogP contribution in [0.15, 0.2) is 0 Å². The fourth-order valence-electron chi connectivity index (χ4n) is 3.49. The van der Waals surface area contributed by atoms with Gasteiger partial charge in [-0.1, -0.05) is 19.8 Å². The molecule has 106 valence electrons. The maximum Gasteiger partial charge on any atom is 0.240 e. The minimum absolute atomic E-state index is 0.0230. The molecule has 3 rings (SSSR count). The summed E-state index contributed by atoms with van der Waals surface area (Å²) in [4.78, 5) is 28.4. The molecule has 19 heavy (non-hydrogen) atoms. The van der Waals surface area contributed by atoms with Crippen LogP contribution in [-0.4, -0.2) is 59.4 Å². The van der Waals surface area contributed by atoms with E-state index >= 15 is 0 Å². The standard InChI is InChI=1S/C14H23N3O2/c1-2-3-4-7-15-13(18)12-11-9-17(11)14(19)10-6-5-8-16(10)12/h10-12H,2-9H2,1H3,(H,15,18)/t10-,11-,12-,17?/m0/s1. The highest BCUT2D eigenvalue weighted by Gasteiger charge is 2.58. The number of nitrogens with one attached hydrogen (secondary N) is 1. The first kappa shape index (κ1) is 12.9. The summed E-state index contributed by atoms with van der Waals surface area (Å²) < 4.78 is 0. The zero-order valence-corrected chi connectivity index (χ0v) is 11.6. The van der Waals surface area contributed by atoms with E-state index in [-0.39, 0.29) is 29.9 Å². The summed E-state index contributed by atoms with van der Waals surface area (Å²) in [6, 6.07) is 0.0324. The van der Waals surface area contributed by atoms with E-state index in [0.29, 0.717) is 0 Å². The largest absolute Gasteiger partial charge is 0.355 e. The second-order valence-corrected chi connectivity index (χ2v) is 5.90. The molecule has 3 fully saturated rings. The first-order valence-electron chi connectivity index (χ1n) is 7.58. The van der Waals surface area contributed by atoms with E-state index in [0.717, 1.165) is 45.3 Å². The molecule has 3 atom stereocenters. The van der Waals surface area contributed by atoms with Crippen molar-refractivity contribution in [2.75, 3.05) is 19.6 Å². The summed E-state index contributed by atoms with van der Waals surface area (Å²) in [7, 11) is 0. The van der Waals surface area contributed by atoms with E-state index < -0.39 is 0 Å². The average molecular weight is 265 g/mol. The van der Waals surface area contributed by atoms with Crippen molar-refractivity contribution in [3.8, 4) is 0 Å². The van der Waals surface area contributed by atoms with Crippen molar-refractivity contribution in [1.82, 2.24) is 15.1 Å². The molecule has 0 unspecified atom stereocenters. The Morgan fingerprint density at radius 2 is 2.26 bits per heavy atom. The van der Waals surface area contributed by atoms with E-state index in [1.807, 2.05) is 4.90 Å². The summed E-state index contributed by atoms with van der Waals surface area (Å²) in [6.07, 6.45) is 5.33. The lowest BCUT2D eigenvalue weighted by molar-refractivity contribution is -0.139. The smallest absolute Gasteiger partial charge is 0.240 e. The summed E-state index contributed by atoms with van der Waals surface area (Å²) in [5.41, 5.74) is 0. The van der Waals surface area contributed by atoms with Crippen LogP contribution >= 0.6 is 0 Å². The monoisotopic (exact) mass is 265 g/mol. The molecule has 0 aromatic heterocycles. The third-order valence-electron chi connectivity index (χ3n) is 4.58. The van der Waals surface area contributed by atoms with Gasteiger partial charge in [0.15, 0.2) is 0 Å². The Kier molecular flexibility index (Phi) is 3.48. The zero-order valence-electron chi connectivity index (χ0n) is 11.6. The van der Waals surface area contributed by atoms with Gasteiger partial charge in [-0.25, -0.2) is 0 Å². The van der Waals surface area contributed by atoms with Crippen molar-refractivity contribution >= 4 is 11.8 Å². The summed E-state index contributed by atoms with van der Waals surface area (Å²) >= 11 is 0. The molecule has 0 saturated carbocycles. The Morgan fingerprint density at radius 3 is 3.05 bits per heavy atom. The lowest BCUT2D eigenvalue weighted by Crippen LogP contribution is -2.59. The third kappa shape index (κ3) is 2.24. The maximum atomic E-state index is 12.4. The summed E-state index contributed by atoms with van der Waals surface area (Å²) in [5.74, 6) is 0.375. The molecule has 0 aromatic rings. The quantitative estimate of drug-likeness (QED) is 0.576. The predicted molar refractivity (Wildman–Crippen MR) is 71.6 cm³/mol. The fourth-order valence-corrected chi connectivity index (χ4v) is 3.49. The highest BCUT2D eigenvalue weighted by atomic mass is 16.2. The number of unbranched alkanes of at least 4 members (excludes halogenated alkanes) is 2. The van der Waals surface area contributed by atoms with Crippen molar-refractivity contribution in [3.05, 3.63) is 0 Å². The number of rotatable bonds is 5. The van der Waals surface area contributed by atoms with Crippen molar-refractivity contribution in [3.63, 3.8) is 0 Å². The van der Waals surface area contributed by atoms with Crippen LogP contribution in [0.4, 0.5) is 0 Å². The van der Waals surface area contributed by atoms with Crippen LogP contribution < -0.4 is 5.32 Å². The van der Waals surface area contributed by atoms with Gasteiger partial charge >= 0.3 is 0 Å². The number of piperazine rings is 1. The second-order valence-electron chi connectivity index (χ2n) is 5.90. The lowest BCUT2D eigenvalue weighted by Gasteiger charge is -2.35. The molecule has 3 heterocycles. The number of carbonyl (C=O) groups is 2. The number of hydrogen-bond donors (Lipinski definition) is 1. The highest BCUT2D eigenvalue weighted by Crippen LogP contribution is 2.37. The van der Waals surface area contributed by atoms with Crippen molar-refractivity contribution in [2.24, 2.45) is 0 Å². The highest BCUT2D eigenvalue weighted by molar-refractivity contribution is 5.92. The van der Waals surface area contributed by atoms with Crippen LogP contribution in [0.2, 0.25) is 0 Å². The minimum atomic E-state index is -0.0909. The molecular formula is C14H23N3O2. The Hall–Kier alpha value is -1.10. The fraction of sp³-hybridized carbons (Fsp3) is 0.857. The Bertz CT molecular complexity index is 385. The molecular weight excluding hydrogens is 242 g/mol. The molecule has 3 aliphatic heterocycles. The van der Waals surface area contributed by atoms with Crippen LogP contribution in [0.5, 0.6) is 0 Å². The van der Waals surface area contributed by atoms with Crippen LogP contribution in [0.25, 0.3) is 0 Å². The van der Waals surface area contributed by atoms with E-state index in [1.165, 1.54) is 6.42 Å². The van der Waals surface area contributed by atoms with Gasteiger partial charge in [0, 0.05) is 13.1 Å². The molecule has 5 nitrogen and oxygen atoms in total. The van der Waals surface area contributed by atoms with Gasteiger partial charge in [-0.15, -0.1) is 0 Å². The van der Waals surface area contributed by atoms with Crippen molar-refractivity contribution in [1.29, 1.82) is 0 Å². The van der Waals surface area contributed by atoms with Gasteiger partial charge < -0.3 is 10.2 Å². The van der Waals surface area contributed by atoms with E-state index in [9.17, 15) is 9.59 Å². The van der Waals surface area contributed by atoms with Gasteiger partial charge in [-0.2, -0.15) is 0 Å². The first-order valence-corrected chi connectivity index (χ1v) is 7.58. The molecule has 1 N–H and O–H groups in total. The van der Waals surface area contributed by atoms with Gasteiger partial charge in [0.25, 0.3) is 0 Å². The molecule has 0 aliphatic carbocycles. The van der Waals surface area contributed by atoms with Gasteiger partial charge in [0.2, 0.25) is 11.8 Å². The molecule has 0 spiro atoms. The Balaban J connectivity index is 1.60. The Morgan fingerprint density at radius 1 is 1.42 bits per heavy atom. The Labute approximate surface area is 114 Å². The van der Waals surface area contributed by atoms with Crippen LogP contribution in [0.3, 0.4) is 0 Å². The molecule has 3 aliphatic rings. The first-order chi connectivity index (χ1) is 9.24. The van der Waals surface area contributed by atoms with Gasteiger partial charge in [0.05, 0.1) is 12.1 Å². The predicted octanol–water partition coefficient (Wildman–Crippen LogP) is 0.350. The number of carbonyl (C=O) groups excluding carboxylic acids is 2. The third-order valence-corrected chi connectivity index (χ3v) is 4.58. The van der Waals surface area contributed by atoms with E-state index in [2.05, 4.69) is 17.1 Å². The normalized spacial score (nSPS) is 33.0. The molecule has 2 amide bonds. The minimum Gasteiger partial charge on any atom is -0.355 e. The number of hydrogen-bond acceptors (Lipinski definition) is 3. The summed E-state index contributed by atoms with van der Waals surface area (Å²) in [6.45, 7) is 4.60. The molecule has 3 saturated heterocycles. The second kappa shape index (κ2) is 5.12. The van der Waals surface area contributed by atoms with Crippen molar-refractivity contribution < 1.29 is 9.59 Å². The van der Waals surface area contributed by atoms with E-state index in [4.69, 9.17) is 0 Å². The number of fused-ring (bicyclic) bond motifs is 2. The van der Waals surface area contributed by atoms with Gasteiger partial charge in [-0.05, 0) is 25.8 Å². The zero-order chi connectivity index (χ0) is 13.4. The maximum absolute atomic E-state index is 12.4. The molecule has 0 bridgehead atoms. The molecule has 0 radical (unpaired) electrons. The van der Waals surface area contributed by atoms with Gasteiger partial charge in [-0.3, -0.25) is 14.5 Å². The number of amides is 2. The van der Waals surface area contributed by atoms with Crippen LogP contribution in [0.1, 0.15) is 39.0 Å². The average Bonchev–Trinajstić information content (AvgIpc) is 3.04. The molecule has 5 heteroatoms. The van der Waals surface area contributed by atoms with Gasteiger partial charge in [0.1, 0.15) is 6.04 Å².